The molecule has 1 radical (unpaired) electrons. The molecular weight excluding hydrogens is 671 g/mol. The molecule has 7 heteroatoms. The quantitative estimate of drug-likeness (QED) is 0.379. The number of hydrogen-bond donors (Lipinski definition) is 2. The molecule has 0 saturated carbocycles. The number of benzene rings is 2. The van der Waals surface area contributed by atoms with Crippen LogP contribution < -0.4 is 26.2 Å². The van der Waals surface area contributed by atoms with Crippen LogP contribution in [0.1, 0.15) is 49.2 Å². The minimum absolute atomic E-state index is 0. The SMILES string of the molecule is C/C=c1/cc(C(=O)NCc2ccc(OC)cc2)c(=NCc2ccc(O)cc2)o/c1=C/C.CC.[Am].[CH3-]. The molecule has 0 spiro atoms. The third-order valence-corrected chi connectivity index (χ3v) is 4.79. The summed E-state index contributed by atoms with van der Waals surface area (Å²) in [4.78, 5) is 17.5. The Labute approximate surface area is 215 Å². The van der Waals surface area contributed by atoms with Crippen molar-refractivity contribution in [2.45, 2.75) is 40.8 Å². The van der Waals surface area contributed by atoms with Crippen molar-refractivity contribution in [3.63, 3.8) is 0 Å². The van der Waals surface area contributed by atoms with Crippen molar-refractivity contribution in [3.05, 3.63) is 94.9 Å². The van der Waals surface area contributed by atoms with Crippen LogP contribution in [0.15, 0.2) is 64.0 Å². The number of methoxy groups -OCH3 is 1. The molecule has 3 aromatic rings. The second-order valence-electron chi connectivity index (χ2n) is 6.88. The number of carbonyl (C=O) groups excluding carboxylic acids is 1. The van der Waals surface area contributed by atoms with Gasteiger partial charge in [0, 0.05) is 26.0 Å². The number of hydrogen-bond acceptors (Lipinski definition) is 5. The van der Waals surface area contributed by atoms with Crippen LogP contribution in [0.3, 0.4) is 0 Å². The van der Waals surface area contributed by atoms with Gasteiger partial charge < -0.3 is 27.0 Å². The van der Waals surface area contributed by atoms with Gasteiger partial charge in [0.1, 0.15) is 22.5 Å². The molecule has 3 rings (SSSR count). The van der Waals surface area contributed by atoms with Crippen LogP contribution in [0.5, 0.6) is 11.5 Å². The van der Waals surface area contributed by atoms with Crippen molar-refractivity contribution in [3.8, 4) is 11.5 Å². The van der Waals surface area contributed by atoms with Crippen molar-refractivity contribution in [2.24, 2.45) is 4.99 Å². The van der Waals surface area contributed by atoms with Crippen LogP contribution in [-0.4, -0.2) is 18.1 Å². The molecule has 2 aromatic carbocycles. The Morgan fingerprint density at radius 2 is 1.63 bits per heavy atom. The van der Waals surface area contributed by atoms with Crippen molar-refractivity contribution in [1.29, 1.82) is 0 Å². The van der Waals surface area contributed by atoms with Crippen LogP contribution in [0.2, 0.25) is 0 Å². The summed E-state index contributed by atoms with van der Waals surface area (Å²) in [6.45, 7) is 8.46. The Kier molecular flexibility index (Phi) is 14.7. The summed E-state index contributed by atoms with van der Waals surface area (Å²) < 4.78 is 11.1. The maximum absolute atomic E-state index is 13.0. The maximum Gasteiger partial charge on any atom is 0.257 e. The van der Waals surface area contributed by atoms with Crippen LogP contribution >= 0.6 is 0 Å². The molecule has 1 amide bonds. The van der Waals surface area contributed by atoms with E-state index in [1.165, 1.54) is 0 Å². The van der Waals surface area contributed by atoms with E-state index in [-0.39, 0.29) is 38.9 Å². The van der Waals surface area contributed by atoms with E-state index >= 15 is 0 Å². The van der Waals surface area contributed by atoms with Gasteiger partial charge in [-0.2, -0.15) is 0 Å². The second kappa shape index (κ2) is 16.3. The monoisotopic (exact) mass is 704 g/mol. The van der Waals surface area contributed by atoms with Crippen LogP contribution in [0, 0.1) is 21.7 Å². The van der Waals surface area contributed by atoms with E-state index < -0.39 is 0 Å². The predicted octanol–water partition coefficient (Wildman–Crippen LogP) is 4.10. The zero-order valence-electron chi connectivity index (χ0n) is 21.3. The number of amides is 1. The topological polar surface area (TPSA) is 84.1 Å². The van der Waals surface area contributed by atoms with Gasteiger partial charge in [0.15, 0.2) is 0 Å². The predicted molar refractivity (Wildman–Crippen MR) is 138 cm³/mol. The van der Waals surface area contributed by atoms with Gasteiger partial charge >= 0.3 is 0 Å². The molecule has 189 valence electrons. The van der Waals surface area contributed by atoms with Crippen molar-refractivity contribution < 1.29 is 33.3 Å². The number of carbonyl (C=O) groups is 1. The summed E-state index contributed by atoms with van der Waals surface area (Å²) >= 11 is 0. The molecule has 0 atom stereocenters. The average Bonchev–Trinajstić information content (AvgIpc) is 2.87. The second-order valence-corrected chi connectivity index (χ2v) is 6.88. The van der Waals surface area contributed by atoms with Crippen molar-refractivity contribution in [1.82, 2.24) is 5.32 Å². The van der Waals surface area contributed by atoms with E-state index in [2.05, 4.69) is 10.3 Å². The van der Waals surface area contributed by atoms with E-state index in [9.17, 15) is 9.90 Å². The first-order valence-corrected chi connectivity index (χ1v) is 11.0. The van der Waals surface area contributed by atoms with Gasteiger partial charge in [-0.15, -0.1) is 0 Å². The third kappa shape index (κ3) is 9.04. The number of rotatable bonds is 6. The number of ether oxygens (including phenoxy) is 1. The molecule has 6 nitrogen and oxygen atoms in total. The van der Waals surface area contributed by atoms with Gasteiger partial charge in [-0.25, -0.2) is 4.99 Å². The molecule has 35 heavy (non-hydrogen) atoms. The summed E-state index contributed by atoms with van der Waals surface area (Å²) in [6, 6.07) is 16.1. The van der Waals surface area contributed by atoms with Gasteiger partial charge in [-0.3, -0.25) is 4.79 Å². The first-order chi connectivity index (χ1) is 16.0. The molecule has 0 fully saturated rings. The van der Waals surface area contributed by atoms with Crippen molar-refractivity contribution >= 4 is 18.1 Å². The Bertz CT molecular complexity index is 1230. The molecule has 1 aromatic heterocycles. The Morgan fingerprint density at radius 1 is 1.03 bits per heavy atom. The summed E-state index contributed by atoms with van der Waals surface area (Å²) in [7, 11) is 1.61. The van der Waals surface area contributed by atoms with Crippen molar-refractivity contribution in [2.75, 3.05) is 7.11 Å². The fraction of sp³-hybridized carbons (Fsp3) is 0.250. The fourth-order valence-corrected chi connectivity index (χ4v) is 3.02. The molecular formula is C28H35AmN2O4-. The Morgan fingerprint density at radius 3 is 2.17 bits per heavy atom. The smallest absolute Gasteiger partial charge is 0.257 e. The molecule has 0 aliphatic carbocycles. The van der Waals surface area contributed by atoms with Crippen LogP contribution in [0.4, 0.5) is 0 Å². The standard InChI is InChI=1S/C25H26N2O4.C2H6.CH3.Am/c1-4-19-14-22(24(29)26-15-18-8-12-21(30-3)13-9-18)25(31-23(19)5-2)27-16-17-6-10-20(28)11-7-17;1-2;;/h4-14,28H,15-16H2,1-3H3,(H,26,29);1-2H3;1H3;/q;;-1;/b19-4-,23-5+,27-25?;;;. The maximum atomic E-state index is 13.0. The van der Waals surface area contributed by atoms with E-state index in [4.69, 9.17) is 9.15 Å². The van der Waals surface area contributed by atoms with Gasteiger partial charge in [0.25, 0.3) is 5.91 Å². The Hall–Kier alpha value is -3.41. The first kappa shape index (κ1) is 31.6. The largest absolute Gasteiger partial charge is 0.508 e. The average molecular weight is 707 g/mol. The molecule has 0 saturated heterocycles. The van der Waals surface area contributed by atoms with Gasteiger partial charge in [0.2, 0.25) is 5.55 Å². The zero-order valence-corrected chi connectivity index (χ0v) is 24.4. The van der Waals surface area contributed by atoms with Crippen LogP contribution in [0.25, 0.3) is 12.2 Å². The van der Waals surface area contributed by atoms with Gasteiger partial charge in [-0.1, -0.05) is 44.2 Å². The van der Waals surface area contributed by atoms with E-state index in [1.54, 1.807) is 37.4 Å². The number of aromatic hydroxyl groups is 1. The fourth-order valence-electron chi connectivity index (χ4n) is 3.02. The van der Waals surface area contributed by atoms with Crippen LogP contribution in [-0.2, 0) is 13.1 Å². The van der Waals surface area contributed by atoms with Gasteiger partial charge in [0.05, 0.1) is 13.7 Å². The minimum Gasteiger partial charge on any atom is -0.508 e. The third-order valence-electron chi connectivity index (χ3n) is 4.79. The van der Waals surface area contributed by atoms with E-state index in [0.29, 0.717) is 24.1 Å². The Balaban J connectivity index is 0.00000282. The first-order valence-electron chi connectivity index (χ1n) is 11.0. The zero-order chi connectivity index (χ0) is 24.2. The van der Waals surface area contributed by atoms with Gasteiger partial charge in [-0.05, 0) is 61.4 Å². The van der Waals surface area contributed by atoms with E-state index in [1.807, 2.05) is 64.1 Å². The number of phenols is 1. The molecule has 1 heterocycles. The summed E-state index contributed by atoms with van der Waals surface area (Å²) in [5.41, 5.74) is 3.13. The summed E-state index contributed by atoms with van der Waals surface area (Å²) in [6.07, 6.45) is 3.73. The molecule has 2 N–H and O–H groups in total. The minimum atomic E-state index is -0.269. The normalized spacial score (nSPS) is 11.5. The number of nitrogens with one attached hydrogen (secondary N) is 1. The number of phenolic OH excluding ortho intramolecular Hbond substituents is 1. The van der Waals surface area contributed by atoms with E-state index in [0.717, 1.165) is 22.1 Å². The number of nitrogens with zero attached hydrogens (tertiary/aromatic N) is 1. The summed E-state index contributed by atoms with van der Waals surface area (Å²) in [5, 5.41) is 13.2. The molecule has 0 unspecified atom stereocenters. The molecule has 0 aliphatic rings. The summed E-state index contributed by atoms with van der Waals surface area (Å²) in [5.74, 6) is 0.686. The molecule has 0 aliphatic heterocycles. The molecule has 0 bridgehead atoms.